The van der Waals surface area contributed by atoms with Crippen LogP contribution in [-0.4, -0.2) is 32.4 Å². The first-order valence-corrected chi connectivity index (χ1v) is 5.67. The monoisotopic (exact) mass is 259 g/mol. The largest absolute Gasteiger partial charge is 0.479 e. The summed E-state index contributed by atoms with van der Waals surface area (Å²) < 4.78 is 1.30. The van der Waals surface area contributed by atoms with E-state index in [0.717, 1.165) is 11.8 Å². The molecule has 0 atom stereocenters. The first-order valence-electron chi connectivity index (χ1n) is 5.67. The Hall–Kier alpha value is -2.50. The quantitative estimate of drug-likeness (QED) is 0.842. The SMILES string of the molecule is CC(C)(C(=O)O)n1cc(-c2ccc(C=O)cc2)nn1. The van der Waals surface area contributed by atoms with E-state index in [2.05, 4.69) is 10.3 Å². The third-order valence-electron chi connectivity index (χ3n) is 2.93. The molecule has 19 heavy (non-hydrogen) atoms. The van der Waals surface area contributed by atoms with E-state index in [1.165, 1.54) is 4.68 Å². The Morgan fingerprint density at radius 3 is 2.47 bits per heavy atom. The Bertz CT molecular complexity index is 614. The average Bonchev–Trinajstić information content (AvgIpc) is 2.89. The number of carbonyl (C=O) groups excluding carboxylic acids is 1. The van der Waals surface area contributed by atoms with E-state index in [-0.39, 0.29) is 0 Å². The second-order valence-corrected chi connectivity index (χ2v) is 4.65. The van der Waals surface area contributed by atoms with Crippen LogP contribution in [0, 0.1) is 0 Å². The Labute approximate surface area is 109 Å². The van der Waals surface area contributed by atoms with Gasteiger partial charge in [0.05, 0.1) is 6.20 Å². The molecule has 1 heterocycles. The highest BCUT2D eigenvalue weighted by atomic mass is 16.4. The van der Waals surface area contributed by atoms with Gasteiger partial charge in [-0.25, -0.2) is 9.48 Å². The van der Waals surface area contributed by atoms with Gasteiger partial charge >= 0.3 is 5.97 Å². The summed E-state index contributed by atoms with van der Waals surface area (Å²) in [5.74, 6) is -0.986. The minimum absolute atomic E-state index is 0.562. The molecule has 2 aromatic rings. The van der Waals surface area contributed by atoms with Gasteiger partial charge in [-0.05, 0) is 13.8 Å². The summed E-state index contributed by atoms with van der Waals surface area (Å²) in [5.41, 5.74) is 0.750. The van der Waals surface area contributed by atoms with Gasteiger partial charge in [0.15, 0.2) is 5.54 Å². The zero-order chi connectivity index (χ0) is 14.0. The van der Waals surface area contributed by atoms with Crippen molar-refractivity contribution in [3.8, 4) is 11.3 Å². The number of aldehydes is 1. The van der Waals surface area contributed by atoms with Crippen molar-refractivity contribution in [1.29, 1.82) is 0 Å². The zero-order valence-electron chi connectivity index (χ0n) is 10.6. The number of aromatic nitrogens is 3. The van der Waals surface area contributed by atoms with Crippen molar-refractivity contribution in [2.45, 2.75) is 19.4 Å². The molecule has 0 spiro atoms. The molecule has 0 saturated carbocycles. The summed E-state index contributed by atoms with van der Waals surface area (Å²) in [6.45, 7) is 3.09. The van der Waals surface area contributed by atoms with Gasteiger partial charge in [0.25, 0.3) is 0 Å². The number of rotatable bonds is 4. The average molecular weight is 259 g/mol. The number of carboxylic acid groups (broad SMARTS) is 1. The fourth-order valence-electron chi connectivity index (χ4n) is 1.50. The van der Waals surface area contributed by atoms with E-state index in [0.29, 0.717) is 11.3 Å². The molecule has 1 aromatic carbocycles. The molecule has 6 heteroatoms. The maximum absolute atomic E-state index is 11.1. The molecule has 1 N–H and O–H groups in total. The van der Waals surface area contributed by atoms with E-state index in [9.17, 15) is 9.59 Å². The molecule has 0 radical (unpaired) electrons. The molecule has 0 bridgehead atoms. The highest BCUT2D eigenvalue weighted by Crippen LogP contribution is 2.20. The Kier molecular flexibility index (Phi) is 3.16. The van der Waals surface area contributed by atoms with Crippen molar-refractivity contribution in [1.82, 2.24) is 15.0 Å². The van der Waals surface area contributed by atoms with Gasteiger partial charge in [-0.15, -0.1) is 5.10 Å². The Balaban J connectivity index is 2.35. The van der Waals surface area contributed by atoms with E-state index < -0.39 is 11.5 Å². The van der Waals surface area contributed by atoms with Crippen molar-refractivity contribution in [2.75, 3.05) is 0 Å². The maximum Gasteiger partial charge on any atom is 0.331 e. The molecule has 0 saturated heterocycles. The third-order valence-corrected chi connectivity index (χ3v) is 2.93. The molecule has 0 aliphatic heterocycles. The summed E-state index contributed by atoms with van der Waals surface area (Å²) in [7, 11) is 0. The highest BCUT2D eigenvalue weighted by molar-refractivity contribution is 5.77. The number of carbonyl (C=O) groups is 2. The number of benzene rings is 1. The van der Waals surface area contributed by atoms with Crippen LogP contribution in [-0.2, 0) is 10.3 Å². The summed E-state index contributed by atoms with van der Waals surface area (Å²) >= 11 is 0. The lowest BCUT2D eigenvalue weighted by Crippen LogP contribution is -2.36. The molecule has 0 aliphatic rings. The van der Waals surface area contributed by atoms with Crippen molar-refractivity contribution >= 4 is 12.3 Å². The number of nitrogens with zero attached hydrogens (tertiary/aromatic N) is 3. The molecule has 2 rings (SSSR count). The molecule has 0 aliphatic carbocycles. The predicted octanol–water partition coefficient (Wildman–Crippen LogP) is 1.58. The first-order chi connectivity index (χ1) is 8.95. The molecular weight excluding hydrogens is 246 g/mol. The van der Waals surface area contributed by atoms with Gasteiger partial charge in [-0.3, -0.25) is 4.79 Å². The van der Waals surface area contributed by atoms with Crippen LogP contribution in [0.4, 0.5) is 0 Å². The summed E-state index contributed by atoms with van der Waals surface area (Å²) in [6.07, 6.45) is 2.33. The zero-order valence-corrected chi connectivity index (χ0v) is 10.6. The van der Waals surface area contributed by atoms with Gasteiger partial charge in [0, 0.05) is 11.1 Å². The van der Waals surface area contributed by atoms with Crippen LogP contribution in [0.2, 0.25) is 0 Å². The topological polar surface area (TPSA) is 85.1 Å². The lowest BCUT2D eigenvalue weighted by atomic mass is 10.1. The molecule has 0 amide bonds. The number of hydrogen-bond acceptors (Lipinski definition) is 4. The number of aliphatic carboxylic acids is 1. The summed E-state index contributed by atoms with van der Waals surface area (Å²) in [5, 5.41) is 16.9. The van der Waals surface area contributed by atoms with Crippen LogP contribution in [0.1, 0.15) is 24.2 Å². The lowest BCUT2D eigenvalue weighted by Gasteiger charge is -2.18. The Morgan fingerprint density at radius 1 is 1.32 bits per heavy atom. The van der Waals surface area contributed by atoms with E-state index in [4.69, 9.17) is 5.11 Å². The van der Waals surface area contributed by atoms with E-state index >= 15 is 0 Å². The van der Waals surface area contributed by atoms with Gasteiger partial charge in [-0.2, -0.15) is 0 Å². The fraction of sp³-hybridized carbons (Fsp3) is 0.231. The standard InChI is InChI=1S/C13H13N3O3/c1-13(2,12(18)19)16-7-11(14-15-16)10-5-3-9(8-17)4-6-10/h3-8H,1-2H3,(H,18,19). The van der Waals surface area contributed by atoms with Crippen LogP contribution in [0.25, 0.3) is 11.3 Å². The second kappa shape index (κ2) is 4.64. The van der Waals surface area contributed by atoms with Crippen LogP contribution in [0.3, 0.4) is 0 Å². The van der Waals surface area contributed by atoms with Crippen molar-refractivity contribution < 1.29 is 14.7 Å². The lowest BCUT2D eigenvalue weighted by molar-refractivity contribution is -0.146. The fourth-order valence-corrected chi connectivity index (χ4v) is 1.50. The van der Waals surface area contributed by atoms with Gasteiger partial charge < -0.3 is 5.11 Å². The Morgan fingerprint density at radius 2 is 1.95 bits per heavy atom. The normalized spacial score (nSPS) is 11.3. The molecule has 0 fully saturated rings. The van der Waals surface area contributed by atoms with Crippen molar-refractivity contribution in [3.05, 3.63) is 36.0 Å². The smallest absolute Gasteiger partial charge is 0.331 e. The predicted molar refractivity (Wildman–Crippen MR) is 67.8 cm³/mol. The molecule has 6 nitrogen and oxygen atoms in total. The number of carboxylic acids is 1. The van der Waals surface area contributed by atoms with Crippen LogP contribution >= 0.6 is 0 Å². The maximum atomic E-state index is 11.1. The molecule has 98 valence electrons. The molecule has 1 aromatic heterocycles. The van der Waals surface area contributed by atoms with Gasteiger partial charge in [-0.1, -0.05) is 29.5 Å². The van der Waals surface area contributed by atoms with Gasteiger partial charge in [0.2, 0.25) is 0 Å². The molecular formula is C13H13N3O3. The van der Waals surface area contributed by atoms with Crippen LogP contribution in [0.15, 0.2) is 30.5 Å². The van der Waals surface area contributed by atoms with Crippen molar-refractivity contribution in [2.24, 2.45) is 0 Å². The third kappa shape index (κ3) is 2.37. The van der Waals surface area contributed by atoms with Gasteiger partial charge in [0.1, 0.15) is 12.0 Å². The van der Waals surface area contributed by atoms with E-state index in [1.54, 1.807) is 44.3 Å². The van der Waals surface area contributed by atoms with E-state index in [1.807, 2.05) is 0 Å². The summed E-state index contributed by atoms with van der Waals surface area (Å²) in [4.78, 5) is 21.7. The number of hydrogen-bond donors (Lipinski definition) is 1. The minimum Gasteiger partial charge on any atom is -0.479 e. The van der Waals surface area contributed by atoms with Crippen LogP contribution in [0.5, 0.6) is 0 Å². The summed E-state index contributed by atoms with van der Waals surface area (Å²) in [6, 6.07) is 6.82. The first kappa shape index (κ1) is 12.9. The highest BCUT2D eigenvalue weighted by Gasteiger charge is 2.30. The van der Waals surface area contributed by atoms with Crippen molar-refractivity contribution in [3.63, 3.8) is 0 Å². The van der Waals surface area contributed by atoms with Crippen LogP contribution < -0.4 is 0 Å². The molecule has 0 unspecified atom stereocenters. The second-order valence-electron chi connectivity index (χ2n) is 4.65. The minimum atomic E-state index is -1.16.